The first kappa shape index (κ1) is 17.6. The lowest BCUT2D eigenvalue weighted by molar-refractivity contribution is -0.112. The second kappa shape index (κ2) is 8.24. The normalized spacial score (nSPS) is 11.0. The van der Waals surface area contributed by atoms with Crippen LogP contribution in [-0.2, 0) is 11.2 Å². The number of carbonyl (C=O) groups is 1. The van der Waals surface area contributed by atoms with Gasteiger partial charge in [0.1, 0.15) is 11.6 Å². The van der Waals surface area contributed by atoms with Gasteiger partial charge in [-0.1, -0.05) is 54.6 Å². The Balaban J connectivity index is 1.71. The standard InChI is InChI=1S/C21H17N3OS/c1-15-7-5-6-10-17(15)12-18(13-22)20(25)24-21-23-14-19(26-21)11-16-8-3-2-4-9-16/h2-10,12,14H,11H2,1H3,(H,23,24,25). The van der Waals surface area contributed by atoms with E-state index in [1.807, 2.05) is 55.5 Å². The van der Waals surface area contributed by atoms with Crippen molar-refractivity contribution in [2.75, 3.05) is 5.32 Å². The highest BCUT2D eigenvalue weighted by molar-refractivity contribution is 7.15. The van der Waals surface area contributed by atoms with Crippen LogP contribution in [0.1, 0.15) is 21.6 Å². The summed E-state index contributed by atoms with van der Waals surface area (Å²) in [4.78, 5) is 17.7. The SMILES string of the molecule is Cc1ccccc1C=C(C#N)C(=O)Nc1ncc(Cc2ccccc2)s1. The van der Waals surface area contributed by atoms with Gasteiger partial charge in [-0.25, -0.2) is 4.98 Å². The third kappa shape index (κ3) is 4.44. The van der Waals surface area contributed by atoms with E-state index in [0.717, 1.165) is 22.4 Å². The number of nitrogens with zero attached hydrogens (tertiary/aromatic N) is 2. The molecule has 1 heterocycles. The fraction of sp³-hybridized carbons (Fsp3) is 0.0952. The van der Waals surface area contributed by atoms with E-state index in [2.05, 4.69) is 22.4 Å². The van der Waals surface area contributed by atoms with Crippen molar-refractivity contribution in [3.8, 4) is 6.07 Å². The fourth-order valence-electron chi connectivity index (χ4n) is 2.46. The van der Waals surface area contributed by atoms with Crippen molar-refractivity contribution in [3.05, 3.63) is 87.9 Å². The average molecular weight is 359 g/mol. The maximum atomic E-state index is 12.4. The number of nitriles is 1. The largest absolute Gasteiger partial charge is 0.297 e. The molecular weight excluding hydrogens is 342 g/mol. The molecule has 0 aliphatic rings. The molecule has 1 aromatic heterocycles. The van der Waals surface area contributed by atoms with Crippen LogP contribution in [0, 0.1) is 18.3 Å². The van der Waals surface area contributed by atoms with E-state index in [4.69, 9.17) is 0 Å². The summed E-state index contributed by atoms with van der Waals surface area (Å²) in [5.41, 5.74) is 3.10. The van der Waals surface area contributed by atoms with E-state index in [1.54, 1.807) is 12.3 Å². The number of carbonyl (C=O) groups excluding carboxylic acids is 1. The topological polar surface area (TPSA) is 65.8 Å². The number of thiazole rings is 1. The Bertz CT molecular complexity index is 984. The molecule has 2 aromatic carbocycles. The van der Waals surface area contributed by atoms with Crippen LogP contribution >= 0.6 is 11.3 Å². The Hall–Kier alpha value is -3.23. The van der Waals surface area contributed by atoms with Gasteiger partial charge in [0, 0.05) is 17.5 Å². The predicted molar refractivity (Wildman–Crippen MR) is 105 cm³/mol. The van der Waals surface area contributed by atoms with E-state index in [-0.39, 0.29) is 5.57 Å². The van der Waals surface area contributed by atoms with Crippen molar-refractivity contribution in [1.82, 2.24) is 4.98 Å². The summed E-state index contributed by atoms with van der Waals surface area (Å²) >= 11 is 1.41. The van der Waals surface area contributed by atoms with E-state index in [0.29, 0.717) is 5.13 Å². The van der Waals surface area contributed by atoms with Gasteiger partial charge >= 0.3 is 0 Å². The van der Waals surface area contributed by atoms with Crippen LogP contribution in [-0.4, -0.2) is 10.9 Å². The minimum absolute atomic E-state index is 0.0547. The summed E-state index contributed by atoms with van der Waals surface area (Å²) in [6, 6.07) is 19.7. The monoisotopic (exact) mass is 359 g/mol. The number of aromatic nitrogens is 1. The maximum Gasteiger partial charge on any atom is 0.268 e. The van der Waals surface area contributed by atoms with E-state index in [9.17, 15) is 10.1 Å². The molecule has 26 heavy (non-hydrogen) atoms. The van der Waals surface area contributed by atoms with Gasteiger partial charge < -0.3 is 0 Å². The first-order chi connectivity index (χ1) is 12.7. The lowest BCUT2D eigenvalue weighted by Gasteiger charge is -2.02. The smallest absolute Gasteiger partial charge is 0.268 e. The average Bonchev–Trinajstić information content (AvgIpc) is 3.08. The fourth-order valence-corrected chi connectivity index (χ4v) is 3.30. The van der Waals surface area contributed by atoms with Crippen LogP contribution in [0.25, 0.3) is 6.08 Å². The molecule has 0 aliphatic heterocycles. The van der Waals surface area contributed by atoms with Gasteiger partial charge in [0.15, 0.2) is 5.13 Å². The molecule has 0 aliphatic carbocycles. The highest BCUT2D eigenvalue weighted by atomic mass is 32.1. The molecule has 0 saturated carbocycles. The predicted octanol–water partition coefficient (Wildman–Crippen LogP) is 4.59. The minimum Gasteiger partial charge on any atom is -0.297 e. The van der Waals surface area contributed by atoms with Crippen molar-refractivity contribution in [2.24, 2.45) is 0 Å². The second-order valence-corrected chi connectivity index (χ2v) is 6.89. The molecule has 1 N–H and O–H groups in total. The number of hydrogen-bond acceptors (Lipinski definition) is 4. The quantitative estimate of drug-likeness (QED) is 0.535. The van der Waals surface area contributed by atoms with Gasteiger partial charge in [-0.15, -0.1) is 11.3 Å². The van der Waals surface area contributed by atoms with Crippen molar-refractivity contribution in [1.29, 1.82) is 5.26 Å². The Morgan fingerprint density at radius 1 is 1.19 bits per heavy atom. The second-order valence-electron chi connectivity index (χ2n) is 5.77. The first-order valence-corrected chi connectivity index (χ1v) is 8.95. The lowest BCUT2D eigenvalue weighted by atomic mass is 10.1. The van der Waals surface area contributed by atoms with Gasteiger partial charge in [-0.05, 0) is 29.7 Å². The number of nitrogens with one attached hydrogen (secondary N) is 1. The summed E-state index contributed by atoms with van der Waals surface area (Å²) in [6.45, 7) is 1.94. The summed E-state index contributed by atoms with van der Waals surface area (Å²) < 4.78 is 0. The minimum atomic E-state index is -0.448. The number of aryl methyl sites for hydroxylation is 1. The molecule has 1 amide bonds. The van der Waals surface area contributed by atoms with Crippen molar-refractivity contribution in [3.63, 3.8) is 0 Å². The van der Waals surface area contributed by atoms with Gasteiger partial charge in [0.25, 0.3) is 5.91 Å². The van der Waals surface area contributed by atoms with Gasteiger partial charge in [0.05, 0.1) is 0 Å². The zero-order valence-electron chi connectivity index (χ0n) is 14.3. The summed E-state index contributed by atoms with van der Waals surface area (Å²) in [5, 5.41) is 12.5. The molecule has 0 spiro atoms. The molecule has 0 radical (unpaired) electrons. The maximum absolute atomic E-state index is 12.4. The molecule has 4 nitrogen and oxygen atoms in total. The molecule has 0 saturated heterocycles. The van der Waals surface area contributed by atoms with E-state index < -0.39 is 5.91 Å². The Kier molecular flexibility index (Phi) is 5.57. The molecular formula is C21H17N3OS. The third-order valence-corrected chi connectivity index (χ3v) is 4.76. The highest BCUT2D eigenvalue weighted by Gasteiger charge is 2.12. The van der Waals surface area contributed by atoms with Gasteiger partial charge in [-0.2, -0.15) is 5.26 Å². The summed E-state index contributed by atoms with van der Waals surface area (Å²) in [5.74, 6) is -0.448. The van der Waals surface area contributed by atoms with Crippen LogP contribution < -0.4 is 5.32 Å². The molecule has 3 rings (SSSR count). The van der Waals surface area contributed by atoms with Gasteiger partial charge in [-0.3, -0.25) is 10.1 Å². The first-order valence-electron chi connectivity index (χ1n) is 8.13. The van der Waals surface area contributed by atoms with Crippen molar-refractivity contribution in [2.45, 2.75) is 13.3 Å². The summed E-state index contributed by atoms with van der Waals surface area (Å²) in [7, 11) is 0. The van der Waals surface area contributed by atoms with E-state index >= 15 is 0 Å². The van der Waals surface area contributed by atoms with Crippen LogP contribution in [0.2, 0.25) is 0 Å². The van der Waals surface area contributed by atoms with Crippen molar-refractivity contribution >= 4 is 28.5 Å². The zero-order valence-corrected chi connectivity index (χ0v) is 15.1. The molecule has 0 unspecified atom stereocenters. The summed E-state index contributed by atoms with van der Waals surface area (Å²) in [6.07, 6.45) is 4.12. The van der Waals surface area contributed by atoms with Crippen LogP contribution in [0.5, 0.6) is 0 Å². The lowest BCUT2D eigenvalue weighted by Crippen LogP contribution is -2.13. The molecule has 0 fully saturated rings. The highest BCUT2D eigenvalue weighted by Crippen LogP contribution is 2.22. The van der Waals surface area contributed by atoms with Crippen LogP contribution in [0.15, 0.2) is 66.4 Å². The zero-order chi connectivity index (χ0) is 18.4. The number of amides is 1. The molecule has 128 valence electrons. The Morgan fingerprint density at radius 3 is 2.65 bits per heavy atom. The molecule has 0 bridgehead atoms. The van der Waals surface area contributed by atoms with Crippen molar-refractivity contribution < 1.29 is 4.79 Å². The van der Waals surface area contributed by atoms with E-state index in [1.165, 1.54) is 16.9 Å². The number of hydrogen-bond donors (Lipinski definition) is 1. The number of anilines is 1. The molecule has 5 heteroatoms. The van der Waals surface area contributed by atoms with Crippen LogP contribution in [0.4, 0.5) is 5.13 Å². The molecule has 3 aromatic rings. The number of rotatable bonds is 5. The Labute approximate surface area is 156 Å². The van der Waals surface area contributed by atoms with Gasteiger partial charge in [0.2, 0.25) is 0 Å². The van der Waals surface area contributed by atoms with Crippen LogP contribution in [0.3, 0.4) is 0 Å². The number of benzene rings is 2. The third-order valence-electron chi connectivity index (χ3n) is 3.85. The Morgan fingerprint density at radius 2 is 1.92 bits per heavy atom. The molecule has 0 atom stereocenters.